The molecule has 2 aromatic rings. The van der Waals surface area contributed by atoms with E-state index in [1.54, 1.807) is 14.2 Å². The minimum atomic E-state index is 0.219. The van der Waals surface area contributed by atoms with Crippen LogP contribution in [0.4, 0.5) is 0 Å². The average molecular weight is 303 g/mol. The van der Waals surface area contributed by atoms with Crippen LogP contribution in [0.1, 0.15) is 42.6 Å². The smallest absolute Gasteiger partial charge is 0.124 e. The van der Waals surface area contributed by atoms with Crippen LogP contribution in [-0.4, -0.2) is 24.0 Å². The maximum Gasteiger partial charge on any atom is 0.124 e. The first-order valence-corrected chi connectivity index (χ1v) is 7.45. The molecule has 1 aromatic heterocycles. The SMILES string of the molecule is COCc1cc([C@H](C)N[C@H](C)c2cnn(C)c2)ccc1OC. The molecular weight excluding hydrogens is 278 g/mol. The van der Waals surface area contributed by atoms with Crippen molar-refractivity contribution in [2.24, 2.45) is 7.05 Å². The summed E-state index contributed by atoms with van der Waals surface area (Å²) in [5.74, 6) is 0.859. The zero-order chi connectivity index (χ0) is 16.1. The zero-order valence-corrected chi connectivity index (χ0v) is 14.0. The highest BCUT2D eigenvalue weighted by Crippen LogP contribution is 2.25. The van der Waals surface area contributed by atoms with E-state index in [0.29, 0.717) is 6.61 Å². The molecule has 0 amide bonds. The number of hydrogen-bond acceptors (Lipinski definition) is 4. The number of methoxy groups -OCH3 is 2. The van der Waals surface area contributed by atoms with E-state index in [-0.39, 0.29) is 12.1 Å². The van der Waals surface area contributed by atoms with E-state index in [1.165, 1.54) is 11.1 Å². The van der Waals surface area contributed by atoms with Gasteiger partial charge in [-0.3, -0.25) is 4.68 Å². The standard InChI is InChI=1S/C17H25N3O2/c1-12(19-13(2)16-9-18-20(3)10-16)14-6-7-17(22-5)15(8-14)11-21-4/h6-10,12-13,19H,11H2,1-5H3/t12-,13+/m0/s1. The fourth-order valence-corrected chi connectivity index (χ4v) is 2.57. The van der Waals surface area contributed by atoms with Gasteiger partial charge >= 0.3 is 0 Å². The molecule has 0 fully saturated rings. The first-order chi connectivity index (χ1) is 10.5. The number of nitrogens with zero attached hydrogens (tertiary/aromatic N) is 2. The summed E-state index contributed by atoms with van der Waals surface area (Å²) >= 11 is 0. The molecule has 0 saturated heterocycles. The highest BCUT2D eigenvalue weighted by atomic mass is 16.5. The molecule has 0 aliphatic carbocycles. The molecule has 0 unspecified atom stereocenters. The average Bonchev–Trinajstić information content (AvgIpc) is 2.94. The molecule has 0 bridgehead atoms. The summed E-state index contributed by atoms with van der Waals surface area (Å²) in [6, 6.07) is 6.67. The van der Waals surface area contributed by atoms with Crippen molar-refractivity contribution in [2.45, 2.75) is 32.5 Å². The van der Waals surface area contributed by atoms with Crippen molar-refractivity contribution in [2.75, 3.05) is 14.2 Å². The lowest BCUT2D eigenvalue weighted by Crippen LogP contribution is -2.22. The van der Waals surface area contributed by atoms with E-state index < -0.39 is 0 Å². The van der Waals surface area contributed by atoms with Crippen LogP contribution in [0.3, 0.4) is 0 Å². The lowest BCUT2D eigenvalue weighted by molar-refractivity contribution is 0.181. The van der Waals surface area contributed by atoms with Crippen LogP contribution >= 0.6 is 0 Å². The maximum atomic E-state index is 5.37. The minimum Gasteiger partial charge on any atom is -0.496 e. The van der Waals surface area contributed by atoms with Gasteiger partial charge in [-0.25, -0.2) is 0 Å². The van der Waals surface area contributed by atoms with Crippen LogP contribution in [0.25, 0.3) is 0 Å². The number of benzene rings is 1. The quantitative estimate of drug-likeness (QED) is 0.854. The number of nitrogens with one attached hydrogen (secondary N) is 1. The van der Waals surface area contributed by atoms with Crippen LogP contribution in [0.5, 0.6) is 5.75 Å². The second-order valence-corrected chi connectivity index (χ2v) is 5.56. The molecule has 0 spiro atoms. The second kappa shape index (κ2) is 7.42. The minimum absolute atomic E-state index is 0.219. The van der Waals surface area contributed by atoms with Crippen LogP contribution in [0, 0.1) is 0 Å². The molecule has 1 heterocycles. The van der Waals surface area contributed by atoms with Crippen molar-refractivity contribution in [3.63, 3.8) is 0 Å². The predicted molar refractivity (Wildman–Crippen MR) is 86.9 cm³/mol. The number of aryl methyl sites for hydroxylation is 1. The fraction of sp³-hybridized carbons (Fsp3) is 0.471. The van der Waals surface area contributed by atoms with Gasteiger partial charge in [0.1, 0.15) is 5.75 Å². The topological polar surface area (TPSA) is 48.3 Å². The van der Waals surface area contributed by atoms with E-state index in [2.05, 4.69) is 36.4 Å². The van der Waals surface area contributed by atoms with Gasteiger partial charge in [-0.1, -0.05) is 6.07 Å². The van der Waals surface area contributed by atoms with Gasteiger partial charge in [0, 0.05) is 43.6 Å². The summed E-state index contributed by atoms with van der Waals surface area (Å²) in [6.45, 7) is 4.85. The van der Waals surface area contributed by atoms with Crippen molar-refractivity contribution in [3.05, 3.63) is 47.3 Å². The first-order valence-electron chi connectivity index (χ1n) is 7.45. The third-order valence-electron chi connectivity index (χ3n) is 3.83. The highest BCUT2D eigenvalue weighted by Gasteiger charge is 2.14. The normalized spacial score (nSPS) is 13.9. The molecule has 0 aliphatic heterocycles. The predicted octanol–water partition coefficient (Wildman–Crippen LogP) is 2.99. The first kappa shape index (κ1) is 16.5. The highest BCUT2D eigenvalue weighted by molar-refractivity contribution is 5.38. The molecule has 0 radical (unpaired) electrons. The van der Waals surface area contributed by atoms with Crippen LogP contribution in [-0.2, 0) is 18.4 Å². The number of hydrogen-bond donors (Lipinski definition) is 1. The Morgan fingerprint density at radius 3 is 2.50 bits per heavy atom. The molecule has 120 valence electrons. The summed E-state index contributed by atoms with van der Waals surface area (Å²) in [4.78, 5) is 0. The van der Waals surface area contributed by atoms with Crippen molar-refractivity contribution >= 4 is 0 Å². The Kier molecular flexibility index (Phi) is 5.57. The molecule has 0 aliphatic rings. The lowest BCUT2D eigenvalue weighted by Gasteiger charge is -2.21. The zero-order valence-electron chi connectivity index (χ0n) is 14.0. The number of aromatic nitrogens is 2. The van der Waals surface area contributed by atoms with E-state index >= 15 is 0 Å². The van der Waals surface area contributed by atoms with Gasteiger partial charge in [-0.05, 0) is 31.5 Å². The van der Waals surface area contributed by atoms with E-state index in [1.807, 2.05) is 30.2 Å². The van der Waals surface area contributed by atoms with Crippen molar-refractivity contribution in [3.8, 4) is 5.75 Å². The van der Waals surface area contributed by atoms with E-state index in [4.69, 9.17) is 9.47 Å². The van der Waals surface area contributed by atoms with Gasteiger partial charge in [-0.2, -0.15) is 5.10 Å². The summed E-state index contributed by atoms with van der Waals surface area (Å²) in [5, 5.41) is 7.82. The van der Waals surface area contributed by atoms with Crippen LogP contribution < -0.4 is 10.1 Å². The molecule has 2 rings (SSSR count). The van der Waals surface area contributed by atoms with Crippen molar-refractivity contribution < 1.29 is 9.47 Å². The number of ether oxygens (including phenoxy) is 2. The Morgan fingerprint density at radius 2 is 1.91 bits per heavy atom. The van der Waals surface area contributed by atoms with Gasteiger partial charge in [0.15, 0.2) is 0 Å². The summed E-state index contributed by atoms with van der Waals surface area (Å²) in [5.41, 5.74) is 3.45. The fourth-order valence-electron chi connectivity index (χ4n) is 2.57. The monoisotopic (exact) mass is 303 g/mol. The summed E-state index contributed by atoms with van der Waals surface area (Å²) in [7, 11) is 5.30. The second-order valence-electron chi connectivity index (χ2n) is 5.56. The third kappa shape index (κ3) is 3.87. The molecule has 5 heteroatoms. The van der Waals surface area contributed by atoms with Gasteiger partial charge in [0.25, 0.3) is 0 Å². The Bertz CT molecular complexity index is 610. The Hall–Kier alpha value is -1.85. The van der Waals surface area contributed by atoms with Gasteiger partial charge in [0.05, 0.1) is 19.9 Å². The Morgan fingerprint density at radius 1 is 1.18 bits per heavy atom. The van der Waals surface area contributed by atoms with Crippen LogP contribution in [0.15, 0.2) is 30.6 Å². The maximum absolute atomic E-state index is 5.37. The van der Waals surface area contributed by atoms with Gasteiger partial charge in [-0.15, -0.1) is 0 Å². The molecule has 22 heavy (non-hydrogen) atoms. The molecule has 2 atom stereocenters. The molecule has 1 N–H and O–H groups in total. The van der Waals surface area contributed by atoms with E-state index in [9.17, 15) is 0 Å². The largest absolute Gasteiger partial charge is 0.496 e. The lowest BCUT2D eigenvalue weighted by atomic mass is 10.0. The molecule has 5 nitrogen and oxygen atoms in total. The van der Waals surface area contributed by atoms with Crippen molar-refractivity contribution in [1.82, 2.24) is 15.1 Å². The summed E-state index contributed by atoms with van der Waals surface area (Å²) < 4.78 is 12.4. The summed E-state index contributed by atoms with van der Waals surface area (Å²) in [6.07, 6.45) is 3.93. The molecular formula is C17H25N3O2. The molecule has 1 aromatic carbocycles. The van der Waals surface area contributed by atoms with Gasteiger partial charge in [0.2, 0.25) is 0 Å². The van der Waals surface area contributed by atoms with E-state index in [0.717, 1.165) is 11.3 Å². The van der Waals surface area contributed by atoms with Crippen molar-refractivity contribution in [1.29, 1.82) is 0 Å². The van der Waals surface area contributed by atoms with Gasteiger partial charge < -0.3 is 14.8 Å². The third-order valence-corrected chi connectivity index (χ3v) is 3.83. The molecule has 0 saturated carbocycles. The number of rotatable bonds is 7. The van der Waals surface area contributed by atoms with Crippen LogP contribution in [0.2, 0.25) is 0 Å². The Labute approximate surface area is 132 Å². The Balaban J connectivity index is 2.11.